The van der Waals surface area contributed by atoms with Crippen LogP contribution in [0.25, 0.3) is 89.9 Å². The number of halogens is 9. The second-order valence-corrected chi connectivity index (χ2v) is 14.0. The number of aromatic amines is 2. The van der Waals surface area contributed by atoms with Gasteiger partial charge in [0.15, 0.2) is 0 Å². The Balaban J connectivity index is 1.62. The maximum Gasteiger partial charge on any atom is 0.419 e. The zero-order chi connectivity index (χ0) is 42.0. The predicted molar refractivity (Wildman–Crippen MR) is 216 cm³/mol. The highest BCUT2D eigenvalue weighted by atomic mass is 19.4. The number of fused-ring (bicyclic) bond motifs is 8. The molecule has 7 aromatic rings. The van der Waals surface area contributed by atoms with Crippen molar-refractivity contribution in [3.05, 3.63) is 168 Å². The standard InChI is InChI=1S/C47H27F9N4/c48-45(49,50)30-25-35-36(26-13-5-1-6-14-26)31-21-22-33(57-31)38(28-17-9-3-10-18-28)43-40(46(51,52)53)41(47(54,55)56)44(60-43)39(29-19-11-4-12-20-29)34-24-23-32(58-34)37(42(30)59-35)27-15-7-2-8-16-27/h1-25,57,59H. The van der Waals surface area contributed by atoms with E-state index in [1.165, 1.54) is 72.8 Å². The number of hydrogen-bond acceptors (Lipinski definition) is 2. The van der Waals surface area contributed by atoms with Gasteiger partial charge < -0.3 is 9.97 Å². The van der Waals surface area contributed by atoms with Gasteiger partial charge in [-0.1, -0.05) is 121 Å². The van der Waals surface area contributed by atoms with E-state index in [2.05, 4.69) is 19.9 Å². The first-order valence-electron chi connectivity index (χ1n) is 18.4. The minimum Gasteiger partial charge on any atom is -0.354 e. The van der Waals surface area contributed by atoms with Crippen LogP contribution in [0.5, 0.6) is 0 Å². The summed E-state index contributed by atoms with van der Waals surface area (Å²) in [6.07, 6.45) is -13.5. The first-order valence-corrected chi connectivity index (χ1v) is 18.4. The number of rotatable bonds is 4. The van der Waals surface area contributed by atoms with Gasteiger partial charge in [0, 0.05) is 38.8 Å². The van der Waals surface area contributed by atoms with E-state index in [0.29, 0.717) is 5.56 Å². The molecule has 2 aliphatic rings. The first-order chi connectivity index (χ1) is 28.7. The summed E-state index contributed by atoms with van der Waals surface area (Å²) >= 11 is 0. The van der Waals surface area contributed by atoms with Gasteiger partial charge in [0.25, 0.3) is 0 Å². The minimum atomic E-state index is -5.61. The summed E-state index contributed by atoms with van der Waals surface area (Å²) in [7, 11) is 0. The zero-order valence-electron chi connectivity index (χ0n) is 30.7. The van der Waals surface area contributed by atoms with Crippen molar-refractivity contribution in [3.63, 3.8) is 0 Å². The number of benzene rings is 4. The summed E-state index contributed by atoms with van der Waals surface area (Å²) in [6.45, 7) is 0. The largest absolute Gasteiger partial charge is 0.419 e. The first kappa shape index (κ1) is 38.4. The minimum absolute atomic E-state index is 0.00825. The van der Waals surface area contributed by atoms with E-state index < -0.39 is 52.2 Å². The lowest BCUT2D eigenvalue weighted by atomic mass is 9.94. The van der Waals surface area contributed by atoms with Crippen molar-refractivity contribution >= 4 is 45.4 Å². The summed E-state index contributed by atoms with van der Waals surface area (Å²) in [4.78, 5) is 15.1. The number of nitrogens with zero attached hydrogens (tertiary/aromatic N) is 2. The van der Waals surface area contributed by atoms with Crippen LogP contribution in [0.2, 0.25) is 0 Å². The Hall–Kier alpha value is -7.15. The van der Waals surface area contributed by atoms with Crippen LogP contribution in [-0.2, 0) is 6.18 Å². The summed E-state index contributed by atoms with van der Waals surface area (Å²) in [6, 6.07) is 35.1. The van der Waals surface area contributed by atoms with E-state index in [-0.39, 0.29) is 66.8 Å². The van der Waals surface area contributed by atoms with Gasteiger partial charge >= 0.3 is 18.5 Å². The third kappa shape index (κ3) is 6.75. The number of H-pyrrole nitrogens is 2. The van der Waals surface area contributed by atoms with Gasteiger partial charge in [-0.15, -0.1) is 0 Å². The Morgan fingerprint density at radius 2 is 0.767 bits per heavy atom. The van der Waals surface area contributed by atoms with Crippen LogP contribution in [0, 0.1) is 0 Å². The molecule has 4 nitrogen and oxygen atoms in total. The molecule has 3 aromatic heterocycles. The molecule has 0 fully saturated rings. The average molecular weight is 819 g/mol. The molecule has 2 aliphatic heterocycles. The number of nitrogens with one attached hydrogen (secondary N) is 2. The van der Waals surface area contributed by atoms with Gasteiger partial charge in [-0.3, -0.25) is 0 Å². The molecule has 4 aromatic carbocycles. The van der Waals surface area contributed by atoms with Gasteiger partial charge in [0.2, 0.25) is 0 Å². The predicted octanol–water partition coefficient (Wildman–Crippen LogP) is 14.2. The molecule has 0 saturated carbocycles. The molecule has 298 valence electrons. The molecule has 60 heavy (non-hydrogen) atoms. The number of aromatic nitrogens is 4. The molecule has 2 N–H and O–H groups in total. The molecule has 0 atom stereocenters. The van der Waals surface area contributed by atoms with Crippen molar-refractivity contribution in [2.24, 2.45) is 0 Å². The highest BCUT2D eigenvalue weighted by molar-refractivity contribution is 6.07. The monoisotopic (exact) mass is 818 g/mol. The maximum atomic E-state index is 15.6. The Kier molecular flexibility index (Phi) is 9.14. The van der Waals surface area contributed by atoms with E-state index in [9.17, 15) is 0 Å². The van der Waals surface area contributed by atoms with E-state index in [4.69, 9.17) is 0 Å². The highest BCUT2D eigenvalue weighted by Gasteiger charge is 2.52. The molecular formula is C47H27F9N4. The smallest absolute Gasteiger partial charge is 0.354 e. The fourth-order valence-corrected chi connectivity index (χ4v) is 7.83. The van der Waals surface area contributed by atoms with Crippen molar-refractivity contribution in [2.75, 3.05) is 0 Å². The molecule has 13 heteroatoms. The molecule has 0 aliphatic carbocycles. The molecule has 0 radical (unpaired) electrons. The lowest BCUT2D eigenvalue weighted by Crippen LogP contribution is -2.18. The molecule has 8 bridgehead atoms. The summed E-state index contributed by atoms with van der Waals surface area (Å²) in [5.41, 5.74) is -7.55. The topological polar surface area (TPSA) is 57.4 Å². The number of alkyl halides is 9. The van der Waals surface area contributed by atoms with Gasteiger partial charge in [-0.2, -0.15) is 39.5 Å². The number of hydrogen-bond donors (Lipinski definition) is 2. The van der Waals surface area contributed by atoms with Crippen LogP contribution < -0.4 is 0 Å². The van der Waals surface area contributed by atoms with E-state index in [1.807, 2.05) is 0 Å². The van der Waals surface area contributed by atoms with Gasteiger partial charge in [0.1, 0.15) is 0 Å². The molecule has 5 heterocycles. The second-order valence-electron chi connectivity index (χ2n) is 14.0. The van der Waals surface area contributed by atoms with Crippen molar-refractivity contribution in [1.82, 2.24) is 19.9 Å². The Bertz CT molecular complexity index is 3010. The van der Waals surface area contributed by atoms with Crippen molar-refractivity contribution in [1.29, 1.82) is 0 Å². The SMILES string of the molecule is FC(F)(F)C1=C(C(F)(F)F)c2nc1c(-c1ccccc1)c1nc(c(-c3ccccc3)c3[nH]c(cc3C(F)(F)F)c(-c3ccccc3)c3ccc([nH]3)c2-c2ccccc2)C=C1. The van der Waals surface area contributed by atoms with Crippen molar-refractivity contribution in [2.45, 2.75) is 18.5 Å². The lowest BCUT2D eigenvalue weighted by molar-refractivity contribution is -0.136. The fourth-order valence-electron chi connectivity index (χ4n) is 7.83. The van der Waals surface area contributed by atoms with Gasteiger partial charge in [0.05, 0.1) is 45.0 Å². The van der Waals surface area contributed by atoms with Gasteiger partial charge in [-0.05, 0) is 52.6 Å². The number of allylic oxidation sites excluding steroid dienone is 2. The van der Waals surface area contributed by atoms with Crippen LogP contribution >= 0.6 is 0 Å². The summed E-state index contributed by atoms with van der Waals surface area (Å²) in [5.74, 6) is 0. The second kappa shape index (κ2) is 14.3. The van der Waals surface area contributed by atoms with E-state index in [1.54, 1.807) is 72.8 Å². The average Bonchev–Trinajstić information content (AvgIpc) is 4.04. The zero-order valence-corrected chi connectivity index (χ0v) is 30.7. The molecule has 9 rings (SSSR count). The molecular weight excluding hydrogens is 792 g/mol. The molecule has 0 unspecified atom stereocenters. The third-order valence-electron chi connectivity index (χ3n) is 10.3. The summed E-state index contributed by atoms with van der Waals surface area (Å²) < 4.78 is 139. The Labute approximate surface area is 335 Å². The van der Waals surface area contributed by atoms with Crippen LogP contribution in [-0.4, -0.2) is 32.3 Å². The van der Waals surface area contributed by atoms with Gasteiger partial charge in [-0.25, -0.2) is 9.97 Å². The highest BCUT2D eigenvalue weighted by Crippen LogP contribution is 2.53. The van der Waals surface area contributed by atoms with Crippen LogP contribution in [0.1, 0.15) is 28.3 Å². The fraction of sp³-hybridized carbons (Fsp3) is 0.0638. The molecule has 0 amide bonds. The Morgan fingerprint density at radius 1 is 0.367 bits per heavy atom. The van der Waals surface area contributed by atoms with Crippen LogP contribution in [0.4, 0.5) is 39.5 Å². The summed E-state index contributed by atoms with van der Waals surface area (Å²) in [5, 5.41) is 0. The van der Waals surface area contributed by atoms with Crippen LogP contribution in [0.3, 0.4) is 0 Å². The Morgan fingerprint density at radius 3 is 1.23 bits per heavy atom. The molecule has 0 saturated heterocycles. The quantitative estimate of drug-likeness (QED) is 0.174. The van der Waals surface area contributed by atoms with Crippen molar-refractivity contribution < 1.29 is 39.5 Å². The molecule has 0 spiro atoms. The normalized spacial score (nSPS) is 13.3. The van der Waals surface area contributed by atoms with E-state index >= 15 is 39.5 Å². The maximum absolute atomic E-state index is 15.6. The van der Waals surface area contributed by atoms with Crippen LogP contribution in [0.15, 0.2) is 140 Å². The third-order valence-corrected chi connectivity index (χ3v) is 10.3. The lowest BCUT2D eigenvalue weighted by Gasteiger charge is -2.17. The van der Waals surface area contributed by atoms with E-state index in [0.717, 1.165) is 6.07 Å². The van der Waals surface area contributed by atoms with Crippen molar-refractivity contribution in [3.8, 4) is 44.5 Å².